The van der Waals surface area contributed by atoms with Crippen molar-refractivity contribution in [1.29, 1.82) is 0 Å². The zero-order valence-electron chi connectivity index (χ0n) is 10.5. The molecule has 0 spiro atoms. The number of carboxylic acid groups (broad SMARTS) is 1. The molecule has 0 aliphatic carbocycles. The van der Waals surface area contributed by atoms with Crippen LogP contribution in [-0.4, -0.2) is 32.7 Å². The van der Waals surface area contributed by atoms with Gasteiger partial charge >= 0.3 is 11.8 Å². The molecule has 1 heterocycles. The molecule has 1 aromatic heterocycles. The number of methoxy groups -OCH3 is 1. The fraction of sp³-hybridized carbons (Fsp3) is 0.167. The Morgan fingerprint density at radius 2 is 2.10 bits per heavy atom. The van der Waals surface area contributed by atoms with Crippen LogP contribution in [-0.2, 0) is 4.79 Å². The monoisotopic (exact) mass is 277 g/mol. The summed E-state index contributed by atoms with van der Waals surface area (Å²) in [5, 5.41) is 19.9. The van der Waals surface area contributed by atoms with Gasteiger partial charge in [0, 0.05) is 0 Å². The van der Waals surface area contributed by atoms with Gasteiger partial charge in [-0.15, -0.1) is 0 Å². The van der Waals surface area contributed by atoms with Crippen LogP contribution in [0.2, 0.25) is 0 Å². The summed E-state index contributed by atoms with van der Waals surface area (Å²) < 4.78 is 6.18. The van der Waals surface area contributed by atoms with Crippen molar-refractivity contribution in [3.8, 4) is 5.75 Å². The SMILES string of the molecule is COc1ccc(C(C(=O)O)n2cnc([N+](=O)[O-])c2)cc1. The van der Waals surface area contributed by atoms with Crippen molar-refractivity contribution in [2.75, 3.05) is 7.11 Å². The molecule has 0 saturated carbocycles. The second-order valence-corrected chi connectivity index (χ2v) is 3.95. The third-order valence-corrected chi connectivity index (χ3v) is 2.74. The average molecular weight is 277 g/mol. The maximum atomic E-state index is 11.4. The lowest BCUT2D eigenvalue weighted by molar-refractivity contribution is -0.389. The Morgan fingerprint density at radius 3 is 2.55 bits per heavy atom. The number of hydrogen-bond donors (Lipinski definition) is 1. The van der Waals surface area contributed by atoms with Crippen LogP contribution in [0.25, 0.3) is 0 Å². The third kappa shape index (κ3) is 2.58. The number of nitrogens with zero attached hydrogens (tertiary/aromatic N) is 3. The van der Waals surface area contributed by atoms with Crippen molar-refractivity contribution in [3.05, 3.63) is 52.5 Å². The van der Waals surface area contributed by atoms with Crippen molar-refractivity contribution in [1.82, 2.24) is 9.55 Å². The molecule has 0 amide bonds. The Balaban J connectivity index is 2.39. The standard InChI is InChI=1S/C12H11N3O5/c1-20-9-4-2-8(3-5-9)11(12(16)17)14-6-10(13-7-14)15(18)19/h2-7,11H,1H3,(H,16,17). The van der Waals surface area contributed by atoms with Gasteiger partial charge in [0.2, 0.25) is 6.33 Å². The number of rotatable bonds is 5. The summed E-state index contributed by atoms with van der Waals surface area (Å²) in [5.41, 5.74) is 0.464. The van der Waals surface area contributed by atoms with Crippen LogP contribution in [0, 0.1) is 10.1 Å². The van der Waals surface area contributed by atoms with Gasteiger partial charge in [0.05, 0.1) is 7.11 Å². The fourth-order valence-electron chi connectivity index (χ4n) is 1.79. The van der Waals surface area contributed by atoms with E-state index in [-0.39, 0.29) is 0 Å². The number of imidazole rings is 1. The number of aromatic nitrogens is 2. The van der Waals surface area contributed by atoms with Gasteiger partial charge in [0.25, 0.3) is 0 Å². The van der Waals surface area contributed by atoms with Crippen LogP contribution in [0.5, 0.6) is 5.75 Å². The molecule has 20 heavy (non-hydrogen) atoms. The Bertz CT molecular complexity index is 635. The van der Waals surface area contributed by atoms with Crippen LogP contribution in [0.1, 0.15) is 11.6 Å². The molecule has 8 heteroatoms. The van der Waals surface area contributed by atoms with Gasteiger partial charge < -0.3 is 20.0 Å². The van der Waals surface area contributed by atoms with E-state index in [1.54, 1.807) is 24.3 Å². The zero-order valence-corrected chi connectivity index (χ0v) is 10.5. The molecule has 1 N–H and O–H groups in total. The van der Waals surface area contributed by atoms with Gasteiger partial charge in [-0.25, -0.2) is 4.79 Å². The number of ether oxygens (including phenoxy) is 1. The van der Waals surface area contributed by atoms with Gasteiger partial charge in [-0.3, -0.25) is 4.57 Å². The highest BCUT2D eigenvalue weighted by Gasteiger charge is 2.25. The summed E-state index contributed by atoms with van der Waals surface area (Å²) in [5.74, 6) is -0.943. The Hall–Kier alpha value is -2.90. The topological polar surface area (TPSA) is 107 Å². The minimum absolute atomic E-state index is 0.398. The van der Waals surface area contributed by atoms with Crippen LogP contribution >= 0.6 is 0 Å². The largest absolute Gasteiger partial charge is 0.497 e. The first kappa shape index (κ1) is 13.5. The molecule has 0 bridgehead atoms. The number of carbonyl (C=O) groups is 1. The molecule has 1 aromatic carbocycles. The van der Waals surface area contributed by atoms with Crippen molar-refractivity contribution in [3.63, 3.8) is 0 Å². The molecule has 8 nitrogen and oxygen atoms in total. The average Bonchev–Trinajstić information content (AvgIpc) is 2.89. The van der Waals surface area contributed by atoms with E-state index in [4.69, 9.17) is 4.74 Å². The highest BCUT2D eigenvalue weighted by atomic mass is 16.6. The molecule has 1 atom stereocenters. The molecule has 0 radical (unpaired) electrons. The summed E-state index contributed by atoms with van der Waals surface area (Å²) in [4.78, 5) is 24.9. The molecular formula is C12H11N3O5. The first-order chi connectivity index (χ1) is 9.52. The van der Waals surface area contributed by atoms with E-state index in [2.05, 4.69) is 4.98 Å². The Morgan fingerprint density at radius 1 is 1.45 bits per heavy atom. The molecule has 0 fully saturated rings. The third-order valence-electron chi connectivity index (χ3n) is 2.74. The molecule has 1 unspecified atom stereocenters. The van der Waals surface area contributed by atoms with E-state index < -0.39 is 22.8 Å². The molecule has 0 aliphatic rings. The second-order valence-electron chi connectivity index (χ2n) is 3.95. The van der Waals surface area contributed by atoms with E-state index in [9.17, 15) is 20.0 Å². The summed E-state index contributed by atoms with van der Waals surface area (Å²) in [6.07, 6.45) is 2.21. The first-order valence-corrected chi connectivity index (χ1v) is 5.57. The summed E-state index contributed by atoms with van der Waals surface area (Å²) in [6, 6.07) is 5.34. The quantitative estimate of drug-likeness (QED) is 0.655. The van der Waals surface area contributed by atoms with Crippen LogP contribution < -0.4 is 4.74 Å². The zero-order chi connectivity index (χ0) is 14.7. The van der Waals surface area contributed by atoms with E-state index in [0.29, 0.717) is 11.3 Å². The van der Waals surface area contributed by atoms with Gasteiger partial charge in [-0.05, 0) is 27.6 Å². The number of carboxylic acids is 1. The number of hydrogen-bond acceptors (Lipinski definition) is 5. The molecule has 0 saturated heterocycles. The highest BCUT2D eigenvalue weighted by molar-refractivity contribution is 5.76. The summed E-state index contributed by atoms with van der Waals surface area (Å²) >= 11 is 0. The summed E-state index contributed by atoms with van der Waals surface area (Å²) in [7, 11) is 1.50. The van der Waals surface area contributed by atoms with Crippen LogP contribution in [0.15, 0.2) is 36.8 Å². The molecule has 104 valence electrons. The number of aliphatic carboxylic acids is 1. The second kappa shape index (κ2) is 5.39. The molecular weight excluding hydrogens is 266 g/mol. The lowest BCUT2D eigenvalue weighted by Crippen LogP contribution is -2.19. The Labute approximate surface area is 113 Å². The Kier molecular flexibility index (Phi) is 3.65. The highest BCUT2D eigenvalue weighted by Crippen LogP contribution is 2.23. The number of nitro groups is 1. The van der Waals surface area contributed by atoms with Crippen molar-refractivity contribution in [2.24, 2.45) is 0 Å². The minimum atomic E-state index is -1.14. The van der Waals surface area contributed by atoms with Crippen LogP contribution in [0.4, 0.5) is 5.82 Å². The van der Waals surface area contributed by atoms with Gasteiger partial charge in [0.15, 0.2) is 6.04 Å². The minimum Gasteiger partial charge on any atom is -0.497 e. The number of benzene rings is 1. The van der Waals surface area contributed by atoms with E-state index in [1.165, 1.54) is 11.7 Å². The van der Waals surface area contributed by atoms with Gasteiger partial charge in [-0.2, -0.15) is 0 Å². The van der Waals surface area contributed by atoms with E-state index in [0.717, 1.165) is 12.5 Å². The normalized spacial score (nSPS) is 11.8. The van der Waals surface area contributed by atoms with Gasteiger partial charge in [0.1, 0.15) is 11.9 Å². The lowest BCUT2D eigenvalue weighted by atomic mass is 10.1. The van der Waals surface area contributed by atoms with E-state index >= 15 is 0 Å². The maximum Gasteiger partial charge on any atom is 0.381 e. The maximum absolute atomic E-state index is 11.4. The summed E-state index contributed by atoms with van der Waals surface area (Å²) in [6.45, 7) is 0. The first-order valence-electron chi connectivity index (χ1n) is 5.57. The predicted octanol–water partition coefficient (Wildman–Crippen LogP) is 1.47. The fourth-order valence-corrected chi connectivity index (χ4v) is 1.79. The van der Waals surface area contributed by atoms with Gasteiger partial charge in [-0.1, -0.05) is 12.1 Å². The van der Waals surface area contributed by atoms with Crippen molar-refractivity contribution in [2.45, 2.75) is 6.04 Å². The van der Waals surface area contributed by atoms with Crippen LogP contribution in [0.3, 0.4) is 0 Å². The molecule has 2 aromatic rings. The lowest BCUT2D eigenvalue weighted by Gasteiger charge is -2.13. The molecule has 2 rings (SSSR count). The van der Waals surface area contributed by atoms with Crippen molar-refractivity contribution >= 4 is 11.8 Å². The van der Waals surface area contributed by atoms with E-state index in [1.807, 2.05) is 0 Å². The molecule has 0 aliphatic heterocycles. The predicted molar refractivity (Wildman–Crippen MR) is 67.7 cm³/mol. The smallest absolute Gasteiger partial charge is 0.381 e. The van der Waals surface area contributed by atoms with Crippen molar-refractivity contribution < 1.29 is 19.6 Å².